The van der Waals surface area contributed by atoms with Crippen LogP contribution in [0.15, 0.2) is 46.8 Å². The van der Waals surface area contributed by atoms with Gasteiger partial charge in [-0.15, -0.1) is 11.3 Å². The number of carbonyl (C=O) groups excluding carboxylic acids is 2. The largest absolute Gasteiger partial charge is 0.462 e. The Morgan fingerprint density at radius 2 is 1.88 bits per heavy atom. The average Bonchev–Trinajstić information content (AvgIpc) is 3.76. The number of nitrogens with one attached hydrogen (secondary N) is 2. The predicted octanol–water partition coefficient (Wildman–Crippen LogP) is 4.57. The molecule has 11 nitrogen and oxygen atoms in total. The third-order valence-electron chi connectivity index (χ3n) is 8.89. The second-order valence-corrected chi connectivity index (χ2v) is 13.2. The molecule has 0 spiro atoms. The number of piperazine rings is 1. The molecule has 1 amide bonds. The van der Waals surface area contributed by atoms with Crippen LogP contribution in [0.25, 0.3) is 32.6 Å². The molecule has 5 heterocycles. The molecule has 15 heteroatoms. The Hall–Kier alpha value is -4.18. The number of carbonyl (C=O) groups is 2. The van der Waals surface area contributed by atoms with Gasteiger partial charge in [-0.1, -0.05) is 6.07 Å². The number of nitrogens with zero attached hydrogens (tertiary/aromatic N) is 5. The number of esters is 1. The minimum Gasteiger partial charge on any atom is -0.462 e. The van der Waals surface area contributed by atoms with Gasteiger partial charge in [0.25, 0.3) is 0 Å². The maximum Gasteiger partial charge on any atom is 0.434 e. The van der Waals surface area contributed by atoms with E-state index in [1.807, 2.05) is 4.57 Å². The third-order valence-corrected chi connectivity index (χ3v) is 9.76. The van der Waals surface area contributed by atoms with Gasteiger partial charge in [0.2, 0.25) is 11.3 Å². The number of fused-ring (bicyclic) bond motifs is 1. The molecule has 0 radical (unpaired) electrons. The molecule has 0 aliphatic carbocycles. The summed E-state index contributed by atoms with van der Waals surface area (Å²) < 4.78 is 47.6. The standard InChI is InChI=1S/C34H38F3N7O4S/c1-3-48-33(47)27-19-44(18-22-6-9-43(17-22)13-12-42-10-7-38-8-11-42)28-5-4-23(14-25(28)31(27)46)26-16-39-30(40-21(2)45)15-24(26)32-41-29(20-49-32)34(35,36)37/h4-5,14-16,19-20,22,38H,3,6-13,17-18H2,1-2H3,(H,39,40,45). The molecule has 0 bridgehead atoms. The molecular weight excluding hydrogens is 659 g/mol. The van der Waals surface area contributed by atoms with Crippen molar-refractivity contribution < 1.29 is 27.5 Å². The Kier molecular flexibility index (Phi) is 10.4. The maximum atomic E-state index is 13.8. The average molecular weight is 698 g/mol. The molecule has 1 unspecified atom stereocenters. The van der Waals surface area contributed by atoms with E-state index < -0.39 is 29.2 Å². The first-order valence-corrected chi connectivity index (χ1v) is 17.2. The fourth-order valence-electron chi connectivity index (χ4n) is 6.47. The maximum absolute atomic E-state index is 13.8. The molecule has 2 fully saturated rings. The number of aromatic nitrogens is 3. The number of likely N-dealkylation sites (tertiary alicyclic amines) is 1. The highest BCUT2D eigenvalue weighted by atomic mass is 32.1. The van der Waals surface area contributed by atoms with Gasteiger partial charge in [0.15, 0.2) is 5.69 Å². The number of amides is 1. The number of halogens is 3. The molecule has 2 aliphatic rings. The first-order valence-electron chi connectivity index (χ1n) is 16.3. The van der Waals surface area contributed by atoms with E-state index in [0.717, 1.165) is 75.5 Å². The highest BCUT2D eigenvalue weighted by Gasteiger charge is 2.34. The third kappa shape index (κ3) is 8.01. The normalized spacial score (nSPS) is 17.4. The highest BCUT2D eigenvalue weighted by molar-refractivity contribution is 7.13. The summed E-state index contributed by atoms with van der Waals surface area (Å²) in [4.78, 5) is 51.6. The molecular formula is C34H38F3N7O4S. The Labute approximate surface area is 285 Å². The molecule has 260 valence electrons. The van der Waals surface area contributed by atoms with Crippen LogP contribution in [0.3, 0.4) is 0 Å². The van der Waals surface area contributed by atoms with Crippen LogP contribution in [-0.4, -0.2) is 95.2 Å². The Bertz CT molecular complexity index is 1900. The van der Waals surface area contributed by atoms with Crippen molar-refractivity contribution in [3.05, 3.63) is 63.5 Å². The Morgan fingerprint density at radius 3 is 2.59 bits per heavy atom. The summed E-state index contributed by atoms with van der Waals surface area (Å²) >= 11 is 0.808. The molecule has 49 heavy (non-hydrogen) atoms. The molecule has 3 aromatic heterocycles. The van der Waals surface area contributed by atoms with Crippen molar-refractivity contribution in [1.82, 2.24) is 29.7 Å². The molecule has 1 atom stereocenters. The molecule has 2 N–H and O–H groups in total. The van der Waals surface area contributed by atoms with E-state index in [-0.39, 0.29) is 28.4 Å². The van der Waals surface area contributed by atoms with Crippen molar-refractivity contribution in [2.45, 2.75) is 33.0 Å². The summed E-state index contributed by atoms with van der Waals surface area (Å²) in [6.07, 6.45) is -0.653. The summed E-state index contributed by atoms with van der Waals surface area (Å²) in [6.45, 7) is 11.7. The van der Waals surface area contributed by atoms with Crippen molar-refractivity contribution in [2.75, 3.05) is 64.3 Å². The van der Waals surface area contributed by atoms with Gasteiger partial charge < -0.3 is 24.8 Å². The number of pyridine rings is 2. The first kappa shape index (κ1) is 34.7. The summed E-state index contributed by atoms with van der Waals surface area (Å²) in [5.41, 5.74) is 0.181. The van der Waals surface area contributed by atoms with E-state index in [0.29, 0.717) is 34.7 Å². The summed E-state index contributed by atoms with van der Waals surface area (Å²) in [7, 11) is 0. The Morgan fingerprint density at radius 1 is 1.10 bits per heavy atom. The molecule has 2 aliphatic heterocycles. The van der Waals surface area contributed by atoms with Gasteiger partial charge >= 0.3 is 12.1 Å². The Balaban J connectivity index is 1.36. The molecule has 1 aromatic carbocycles. The van der Waals surface area contributed by atoms with Crippen molar-refractivity contribution in [1.29, 1.82) is 0 Å². The topological polar surface area (TPSA) is 122 Å². The van der Waals surface area contributed by atoms with Crippen LogP contribution in [0.1, 0.15) is 36.3 Å². The van der Waals surface area contributed by atoms with E-state index in [1.54, 1.807) is 31.3 Å². The number of hydrogen-bond donors (Lipinski definition) is 2. The van der Waals surface area contributed by atoms with Gasteiger partial charge in [0, 0.05) is 93.6 Å². The smallest absolute Gasteiger partial charge is 0.434 e. The fraction of sp³-hybridized carbons (Fsp3) is 0.441. The number of anilines is 1. The first-order chi connectivity index (χ1) is 23.5. The molecule has 0 saturated carbocycles. The second kappa shape index (κ2) is 14.7. The van der Waals surface area contributed by atoms with E-state index in [2.05, 4.69) is 30.4 Å². The zero-order chi connectivity index (χ0) is 34.7. The SMILES string of the molecule is CCOC(=O)c1cn(CC2CCN(CCN3CCNCC3)C2)c2ccc(-c3cnc(NC(C)=O)cc3-c3nc(C(F)(F)F)cs3)cc2c1=O. The number of hydrogen-bond acceptors (Lipinski definition) is 10. The van der Waals surface area contributed by atoms with Crippen molar-refractivity contribution >= 4 is 39.9 Å². The number of alkyl halides is 3. The van der Waals surface area contributed by atoms with Crippen molar-refractivity contribution in [3.63, 3.8) is 0 Å². The minimum atomic E-state index is -4.64. The van der Waals surface area contributed by atoms with Crippen molar-refractivity contribution in [2.24, 2.45) is 5.92 Å². The lowest BCUT2D eigenvalue weighted by atomic mass is 9.99. The van der Waals surface area contributed by atoms with Crippen LogP contribution in [0, 0.1) is 5.92 Å². The zero-order valence-corrected chi connectivity index (χ0v) is 28.1. The lowest BCUT2D eigenvalue weighted by Gasteiger charge is -2.29. The predicted molar refractivity (Wildman–Crippen MR) is 182 cm³/mol. The summed E-state index contributed by atoms with van der Waals surface area (Å²) in [5, 5.41) is 7.21. The highest BCUT2D eigenvalue weighted by Crippen LogP contribution is 2.39. The fourth-order valence-corrected chi connectivity index (χ4v) is 7.33. The van der Waals surface area contributed by atoms with Crippen LogP contribution < -0.4 is 16.1 Å². The van der Waals surface area contributed by atoms with Crippen LogP contribution in [-0.2, 0) is 22.3 Å². The van der Waals surface area contributed by atoms with Crippen LogP contribution in [0.5, 0.6) is 0 Å². The number of benzene rings is 1. The van der Waals surface area contributed by atoms with Gasteiger partial charge in [0.05, 0.1) is 12.1 Å². The van der Waals surface area contributed by atoms with E-state index >= 15 is 0 Å². The van der Waals surface area contributed by atoms with Gasteiger partial charge in [-0.25, -0.2) is 14.8 Å². The van der Waals surface area contributed by atoms with Crippen LogP contribution >= 0.6 is 11.3 Å². The van der Waals surface area contributed by atoms with Crippen molar-refractivity contribution in [3.8, 4) is 21.7 Å². The van der Waals surface area contributed by atoms with Crippen LogP contribution in [0.2, 0.25) is 0 Å². The van der Waals surface area contributed by atoms with Gasteiger partial charge in [-0.2, -0.15) is 13.2 Å². The number of ether oxygens (including phenoxy) is 1. The van der Waals surface area contributed by atoms with E-state index in [9.17, 15) is 27.6 Å². The number of thiazole rings is 1. The van der Waals surface area contributed by atoms with Gasteiger partial charge in [-0.05, 0) is 49.6 Å². The quantitative estimate of drug-likeness (QED) is 0.230. The zero-order valence-electron chi connectivity index (χ0n) is 27.3. The molecule has 2 saturated heterocycles. The molecule has 4 aromatic rings. The van der Waals surface area contributed by atoms with Gasteiger partial charge in [-0.3, -0.25) is 14.5 Å². The van der Waals surface area contributed by atoms with E-state index in [4.69, 9.17) is 4.74 Å². The van der Waals surface area contributed by atoms with Gasteiger partial charge in [0.1, 0.15) is 16.4 Å². The monoisotopic (exact) mass is 697 g/mol. The summed E-state index contributed by atoms with van der Waals surface area (Å²) in [6, 6.07) is 6.64. The van der Waals surface area contributed by atoms with Crippen LogP contribution in [0.4, 0.5) is 19.0 Å². The number of rotatable bonds is 10. The molecule has 6 rings (SSSR count). The lowest BCUT2D eigenvalue weighted by Crippen LogP contribution is -2.46. The second-order valence-electron chi connectivity index (χ2n) is 12.4. The summed E-state index contributed by atoms with van der Waals surface area (Å²) in [5.74, 6) is -0.680. The minimum absolute atomic E-state index is 0.0665. The lowest BCUT2D eigenvalue weighted by molar-refractivity contribution is -0.140. The van der Waals surface area contributed by atoms with E-state index in [1.165, 1.54) is 19.2 Å².